The second-order valence-corrected chi connectivity index (χ2v) is 5.06. The molecule has 0 radical (unpaired) electrons. The standard InChI is InChI=1S/C14H17N/c1-10-12-8-6-5-7-11(12)9-13(15-10)14(2,3)4/h5-9H,1-4H3. The van der Waals surface area contributed by atoms with Gasteiger partial charge in [0.15, 0.2) is 0 Å². The second-order valence-electron chi connectivity index (χ2n) is 5.06. The summed E-state index contributed by atoms with van der Waals surface area (Å²) in [7, 11) is 0. The van der Waals surface area contributed by atoms with Gasteiger partial charge in [-0.05, 0) is 18.4 Å². The minimum absolute atomic E-state index is 0.120. The van der Waals surface area contributed by atoms with E-state index in [9.17, 15) is 0 Å². The normalized spacial score (nSPS) is 12.0. The molecule has 0 aliphatic carbocycles. The lowest BCUT2D eigenvalue weighted by Crippen LogP contribution is -2.14. The zero-order valence-corrected chi connectivity index (χ0v) is 9.83. The molecule has 0 saturated heterocycles. The van der Waals surface area contributed by atoms with E-state index in [2.05, 4.69) is 63.0 Å². The molecule has 1 heterocycles. The lowest BCUT2D eigenvalue weighted by Gasteiger charge is -2.19. The van der Waals surface area contributed by atoms with Crippen LogP contribution in [0.25, 0.3) is 10.8 Å². The summed E-state index contributed by atoms with van der Waals surface area (Å²) in [5.41, 5.74) is 2.41. The van der Waals surface area contributed by atoms with Crippen LogP contribution in [-0.2, 0) is 5.41 Å². The van der Waals surface area contributed by atoms with Crippen molar-refractivity contribution in [2.24, 2.45) is 0 Å². The van der Waals surface area contributed by atoms with Crippen LogP contribution in [0.3, 0.4) is 0 Å². The molecule has 1 nitrogen and oxygen atoms in total. The number of rotatable bonds is 0. The molecular weight excluding hydrogens is 182 g/mol. The van der Waals surface area contributed by atoms with E-state index in [1.165, 1.54) is 16.5 Å². The van der Waals surface area contributed by atoms with Crippen molar-refractivity contribution in [2.75, 3.05) is 0 Å². The number of benzene rings is 1. The molecule has 0 bridgehead atoms. The van der Waals surface area contributed by atoms with Gasteiger partial charge >= 0.3 is 0 Å². The molecule has 2 aromatic rings. The Labute approximate surface area is 91.2 Å². The fourth-order valence-corrected chi connectivity index (χ4v) is 1.76. The molecule has 2 rings (SSSR count). The summed E-state index contributed by atoms with van der Waals surface area (Å²) in [5.74, 6) is 0. The Morgan fingerprint density at radius 1 is 1.07 bits per heavy atom. The van der Waals surface area contributed by atoms with Gasteiger partial charge in [-0.15, -0.1) is 0 Å². The van der Waals surface area contributed by atoms with Crippen molar-refractivity contribution in [3.63, 3.8) is 0 Å². The van der Waals surface area contributed by atoms with Gasteiger partial charge in [0.1, 0.15) is 0 Å². The molecule has 0 saturated carbocycles. The summed E-state index contributed by atoms with van der Waals surface area (Å²) in [5, 5.41) is 2.54. The Morgan fingerprint density at radius 3 is 2.40 bits per heavy atom. The summed E-state index contributed by atoms with van der Waals surface area (Å²) in [4.78, 5) is 4.67. The van der Waals surface area contributed by atoms with Crippen molar-refractivity contribution in [3.8, 4) is 0 Å². The molecule has 0 amide bonds. The van der Waals surface area contributed by atoms with Gasteiger partial charge in [-0.2, -0.15) is 0 Å². The first-order chi connectivity index (χ1) is 6.98. The van der Waals surface area contributed by atoms with Crippen LogP contribution in [0.4, 0.5) is 0 Å². The number of pyridine rings is 1. The highest BCUT2D eigenvalue weighted by molar-refractivity contribution is 5.84. The highest BCUT2D eigenvalue weighted by atomic mass is 14.7. The molecule has 0 aliphatic rings. The number of aromatic nitrogens is 1. The van der Waals surface area contributed by atoms with E-state index < -0.39 is 0 Å². The number of fused-ring (bicyclic) bond motifs is 1. The predicted octanol–water partition coefficient (Wildman–Crippen LogP) is 3.84. The number of nitrogens with zero attached hydrogens (tertiary/aromatic N) is 1. The van der Waals surface area contributed by atoms with Crippen LogP contribution < -0.4 is 0 Å². The summed E-state index contributed by atoms with van der Waals surface area (Å²) in [6.07, 6.45) is 0. The summed E-state index contributed by atoms with van der Waals surface area (Å²) >= 11 is 0. The van der Waals surface area contributed by atoms with Crippen molar-refractivity contribution in [1.29, 1.82) is 0 Å². The van der Waals surface area contributed by atoms with Crippen LogP contribution >= 0.6 is 0 Å². The predicted molar refractivity (Wildman–Crippen MR) is 65.2 cm³/mol. The van der Waals surface area contributed by atoms with E-state index in [4.69, 9.17) is 0 Å². The second kappa shape index (κ2) is 3.34. The van der Waals surface area contributed by atoms with Crippen LogP contribution in [0, 0.1) is 6.92 Å². The van der Waals surface area contributed by atoms with Gasteiger partial charge in [-0.1, -0.05) is 45.0 Å². The molecule has 15 heavy (non-hydrogen) atoms. The topological polar surface area (TPSA) is 12.9 Å². The van der Waals surface area contributed by atoms with Crippen molar-refractivity contribution in [1.82, 2.24) is 4.98 Å². The third-order valence-electron chi connectivity index (χ3n) is 2.70. The summed E-state index contributed by atoms with van der Waals surface area (Å²) in [6, 6.07) is 10.6. The molecule has 0 N–H and O–H groups in total. The zero-order chi connectivity index (χ0) is 11.1. The molecular formula is C14H17N. The van der Waals surface area contributed by atoms with Crippen molar-refractivity contribution in [2.45, 2.75) is 33.1 Å². The maximum absolute atomic E-state index is 4.67. The van der Waals surface area contributed by atoms with Crippen molar-refractivity contribution >= 4 is 10.8 Å². The highest BCUT2D eigenvalue weighted by Gasteiger charge is 2.16. The Kier molecular flexibility index (Phi) is 2.26. The van der Waals surface area contributed by atoms with Crippen LogP contribution in [0.1, 0.15) is 32.2 Å². The largest absolute Gasteiger partial charge is 0.257 e. The maximum atomic E-state index is 4.67. The first-order valence-corrected chi connectivity index (χ1v) is 5.35. The average molecular weight is 199 g/mol. The third-order valence-corrected chi connectivity index (χ3v) is 2.70. The third kappa shape index (κ3) is 1.87. The lowest BCUT2D eigenvalue weighted by atomic mass is 9.90. The van der Waals surface area contributed by atoms with E-state index in [1.54, 1.807) is 0 Å². The van der Waals surface area contributed by atoms with Gasteiger partial charge in [0.25, 0.3) is 0 Å². The van der Waals surface area contributed by atoms with Gasteiger partial charge in [-0.25, -0.2) is 0 Å². The monoisotopic (exact) mass is 199 g/mol. The summed E-state index contributed by atoms with van der Waals surface area (Å²) < 4.78 is 0. The number of hydrogen-bond donors (Lipinski definition) is 0. The Balaban J connectivity index is 2.73. The minimum atomic E-state index is 0.120. The molecule has 0 spiro atoms. The molecule has 1 aromatic heterocycles. The fraction of sp³-hybridized carbons (Fsp3) is 0.357. The summed E-state index contributed by atoms with van der Waals surface area (Å²) in [6.45, 7) is 8.67. The SMILES string of the molecule is Cc1nc(C(C)(C)C)cc2ccccc12. The minimum Gasteiger partial charge on any atom is -0.257 e. The van der Waals surface area contributed by atoms with E-state index >= 15 is 0 Å². The number of hydrogen-bond acceptors (Lipinski definition) is 1. The van der Waals surface area contributed by atoms with Gasteiger partial charge in [0.05, 0.1) is 0 Å². The van der Waals surface area contributed by atoms with Crippen molar-refractivity contribution < 1.29 is 0 Å². The van der Waals surface area contributed by atoms with Crippen LogP contribution in [0.5, 0.6) is 0 Å². The lowest BCUT2D eigenvalue weighted by molar-refractivity contribution is 0.568. The van der Waals surface area contributed by atoms with Gasteiger partial charge in [0, 0.05) is 22.2 Å². The highest BCUT2D eigenvalue weighted by Crippen LogP contribution is 2.25. The van der Waals surface area contributed by atoms with E-state index in [0.29, 0.717) is 0 Å². The Bertz CT molecular complexity index is 492. The fourth-order valence-electron chi connectivity index (χ4n) is 1.76. The average Bonchev–Trinajstić information content (AvgIpc) is 2.16. The van der Waals surface area contributed by atoms with Gasteiger partial charge in [0.2, 0.25) is 0 Å². The maximum Gasteiger partial charge on any atom is 0.0466 e. The molecule has 78 valence electrons. The van der Waals surface area contributed by atoms with Gasteiger partial charge < -0.3 is 0 Å². The molecule has 0 atom stereocenters. The first kappa shape index (κ1) is 10.2. The smallest absolute Gasteiger partial charge is 0.0466 e. The van der Waals surface area contributed by atoms with Crippen LogP contribution in [-0.4, -0.2) is 4.98 Å². The molecule has 0 fully saturated rings. The van der Waals surface area contributed by atoms with E-state index in [1.807, 2.05) is 0 Å². The quantitative estimate of drug-likeness (QED) is 0.628. The molecule has 1 aromatic carbocycles. The van der Waals surface area contributed by atoms with Crippen LogP contribution in [0.2, 0.25) is 0 Å². The molecule has 1 heteroatoms. The molecule has 0 unspecified atom stereocenters. The van der Waals surface area contributed by atoms with Crippen molar-refractivity contribution in [3.05, 3.63) is 41.7 Å². The molecule has 0 aliphatic heterocycles. The Morgan fingerprint density at radius 2 is 1.73 bits per heavy atom. The first-order valence-electron chi connectivity index (χ1n) is 5.35. The number of aryl methyl sites for hydroxylation is 1. The van der Waals surface area contributed by atoms with Crippen LogP contribution in [0.15, 0.2) is 30.3 Å². The van der Waals surface area contributed by atoms with E-state index in [0.717, 1.165) is 5.69 Å². The van der Waals surface area contributed by atoms with Gasteiger partial charge in [-0.3, -0.25) is 4.98 Å². The zero-order valence-electron chi connectivity index (χ0n) is 9.83. The Hall–Kier alpha value is -1.37. The van der Waals surface area contributed by atoms with E-state index in [-0.39, 0.29) is 5.41 Å².